The van der Waals surface area contributed by atoms with Crippen LogP contribution in [0.1, 0.15) is 48.2 Å². The average molecular weight is 188 g/mol. The third-order valence-electron chi connectivity index (χ3n) is 2.13. The van der Waals surface area contributed by atoms with Crippen molar-refractivity contribution in [1.82, 2.24) is 0 Å². The second-order valence-electron chi connectivity index (χ2n) is 3.30. The Morgan fingerprint density at radius 1 is 1.85 bits per heavy atom. The molecule has 1 rings (SSSR count). The lowest BCUT2D eigenvalue weighted by Crippen LogP contribution is -2.25. The summed E-state index contributed by atoms with van der Waals surface area (Å²) in [6.07, 6.45) is -0.763. The molecule has 1 aliphatic heterocycles. The molecule has 3 nitrogen and oxygen atoms in total. The van der Waals surface area contributed by atoms with Gasteiger partial charge < -0.3 is 9.84 Å². The maximum Gasteiger partial charge on any atom is 0.306 e. The van der Waals surface area contributed by atoms with Gasteiger partial charge in [0.05, 0.1) is 8.82 Å². The predicted octanol–water partition coefficient (Wildman–Crippen LogP) is 1.63. The van der Waals surface area contributed by atoms with E-state index in [0.717, 1.165) is 12.8 Å². The van der Waals surface area contributed by atoms with E-state index in [2.05, 4.69) is 0 Å². The van der Waals surface area contributed by atoms with Gasteiger partial charge in [-0.1, -0.05) is 26.2 Å². The molecule has 0 saturated carbocycles. The highest BCUT2D eigenvalue weighted by atomic mass is 16.6. The van der Waals surface area contributed by atoms with Crippen LogP contribution < -0.4 is 0 Å². The van der Waals surface area contributed by atoms with Crippen LogP contribution in [0, 0.1) is 0 Å². The number of carbonyl (C=O) groups excluding carboxylic acids is 1. The Morgan fingerprint density at radius 2 is 2.62 bits per heavy atom. The van der Waals surface area contributed by atoms with Gasteiger partial charge in [-0.3, -0.25) is 4.79 Å². The van der Waals surface area contributed by atoms with Gasteiger partial charge in [0, 0.05) is 6.42 Å². The average Bonchev–Trinajstić information content (AvgIpc) is 2.48. The van der Waals surface area contributed by atoms with E-state index >= 15 is 0 Å². The maximum absolute atomic E-state index is 10.9. The molecule has 0 bridgehead atoms. The van der Waals surface area contributed by atoms with Gasteiger partial charge in [0.15, 0.2) is 0 Å². The number of unbranched alkanes of at least 4 members (excludes halogenated alkanes) is 2. The summed E-state index contributed by atoms with van der Waals surface area (Å²) >= 11 is 0. The summed E-state index contributed by atoms with van der Waals surface area (Å²) in [5.41, 5.74) is 0. The highest BCUT2D eigenvalue weighted by molar-refractivity contribution is 5.71. The first-order chi connectivity index (χ1) is 6.91. The molecular weight excluding hydrogens is 168 g/mol. The molecule has 3 heteroatoms. The van der Waals surface area contributed by atoms with Crippen LogP contribution in [0.25, 0.3) is 0 Å². The highest BCUT2D eigenvalue weighted by Crippen LogP contribution is 2.20. The fraction of sp³-hybridized carbons (Fsp3) is 0.900. The summed E-state index contributed by atoms with van der Waals surface area (Å²) in [7, 11) is 0. The van der Waals surface area contributed by atoms with E-state index in [4.69, 9.17) is 7.48 Å². The summed E-state index contributed by atoms with van der Waals surface area (Å²) in [4.78, 5) is 10.9. The van der Waals surface area contributed by atoms with E-state index in [1.807, 2.05) is 6.92 Å². The minimum absolute atomic E-state index is 0.109. The Hall–Kier alpha value is -0.570. The minimum Gasteiger partial charge on any atom is -0.460 e. The van der Waals surface area contributed by atoms with Gasteiger partial charge in [0.2, 0.25) is 0 Å². The summed E-state index contributed by atoms with van der Waals surface area (Å²) in [5.74, 6) is -0.494. The van der Waals surface area contributed by atoms with E-state index < -0.39 is 18.1 Å². The quantitative estimate of drug-likeness (QED) is 0.527. The zero-order valence-electron chi connectivity index (χ0n) is 10.0. The lowest BCUT2D eigenvalue weighted by molar-refractivity contribution is -0.145. The van der Waals surface area contributed by atoms with Gasteiger partial charge in [-0.15, -0.1) is 0 Å². The van der Waals surface area contributed by atoms with Crippen LogP contribution in [0.2, 0.25) is 0 Å². The first-order valence-corrected chi connectivity index (χ1v) is 4.85. The molecule has 1 saturated heterocycles. The van der Waals surface area contributed by atoms with Crippen molar-refractivity contribution in [3.63, 3.8) is 0 Å². The lowest BCUT2D eigenvalue weighted by Gasteiger charge is -2.16. The molecule has 0 radical (unpaired) electrons. The number of carbonyl (C=O) groups is 1. The Bertz CT molecular complexity index is 243. The first kappa shape index (κ1) is 7.80. The number of ether oxygens (including phenoxy) is 1. The molecular formula is C10H18O3. The Morgan fingerprint density at radius 3 is 3.15 bits per heavy atom. The molecule has 0 aromatic carbocycles. The maximum atomic E-state index is 10.9. The lowest BCUT2D eigenvalue weighted by atomic mass is 10.0. The van der Waals surface area contributed by atoms with E-state index in [1.54, 1.807) is 0 Å². The van der Waals surface area contributed by atoms with Crippen LogP contribution in [0.15, 0.2) is 0 Å². The monoisotopic (exact) mass is 188 g/mol. The smallest absolute Gasteiger partial charge is 0.306 e. The third kappa shape index (κ3) is 3.35. The molecule has 0 aromatic heterocycles. The molecule has 1 fully saturated rings. The van der Waals surface area contributed by atoms with Crippen molar-refractivity contribution >= 4 is 5.97 Å². The van der Waals surface area contributed by atoms with Crippen LogP contribution in [-0.4, -0.2) is 23.2 Å². The van der Waals surface area contributed by atoms with Crippen LogP contribution in [0.5, 0.6) is 0 Å². The first-order valence-electron chi connectivity index (χ1n) is 5.85. The van der Waals surface area contributed by atoms with Crippen LogP contribution in [0.3, 0.4) is 0 Å². The number of cyclic esters (lactones) is 1. The number of hydrogen-bond acceptors (Lipinski definition) is 3. The zero-order valence-corrected chi connectivity index (χ0v) is 8.01. The number of esters is 1. The Kier molecular flexibility index (Phi) is 3.13. The van der Waals surface area contributed by atoms with Crippen LogP contribution in [-0.2, 0) is 9.53 Å². The molecule has 1 heterocycles. The van der Waals surface area contributed by atoms with E-state index in [1.165, 1.54) is 0 Å². The number of rotatable bonds is 5. The van der Waals surface area contributed by atoms with E-state index in [-0.39, 0.29) is 19.3 Å². The molecule has 13 heavy (non-hydrogen) atoms. The Labute approximate surface area is 81.9 Å². The van der Waals surface area contributed by atoms with Crippen molar-refractivity contribution in [3.05, 3.63) is 0 Å². The van der Waals surface area contributed by atoms with Gasteiger partial charge >= 0.3 is 5.97 Å². The molecule has 0 amide bonds. The fourth-order valence-corrected chi connectivity index (χ4v) is 1.34. The minimum atomic E-state index is -1.98. The van der Waals surface area contributed by atoms with Gasteiger partial charge in [0.1, 0.15) is 6.08 Å². The van der Waals surface area contributed by atoms with Crippen LogP contribution >= 0.6 is 0 Å². The SMILES string of the molecule is [2H][C@](O)(CCCCC)[C@@]1([2H])CCC(=O)O1. The number of hydrogen-bond donors (Lipinski definition) is 1. The second-order valence-corrected chi connectivity index (χ2v) is 3.30. The summed E-state index contributed by atoms with van der Waals surface area (Å²) in [6, 6.07) is 0. The number of aliphatic hydroxyl groups is 1. The molecule has 76 valence electrons. The van der Waals surface area contributed by atoms with Crippen molar-refractivity contribution in [2.24, 2.45) is 0 Å². The van der Waals surface area contributed by atoms with Crippen molar-refractivity contribution < 1.29 is 17.4 Å². The molecule has 2 atom stereocenters. The molecule has 0 aromatic rings. The molecule has 0 unspecified atom stereocenters. The van der Waals surface area contributed by atoms with Gasteiger partial charge in [0.25, 0.3) is 0 Å². The zero-order chi connectivity index (χ0) is 11.5. The molecule has 1 aliphatic rings. The fourth-order valence-electron chi connectivity index (χ4n) is 1.34. The molecule has 1 N–H and O–H groups in total. The van der Waals surface area contributed by atoms with Crippen molar-refractivity contribution in [1.29, 1.82) is 0 Å². The molecule has 0 aliphatic carbocycles. The topological polar surface area (TPSA) is 46.5 Å². The third-order valence-corrected chi connectivity index (χ3v) is 2.13. The standard InChI is InChI=1S/C10H18O3/c1-2-3-4-5-8(11)9-6-7-10(12)13-9/h8-9,11H,2-7H2,1H3/t8-,9+/m0/s1/i8D,9D. The summed E-state index contributed by atoms with van der Waals surface area (Å²) in [6.45, 7) is 2.02. The predicted molar refractivity (Wildman–Crippen MR) is 49.3 cm³/mol. The van der Waals surface area contributed by atoms with Crippen molar-refractivity contribution in [2.75, 3.05) is 0 Å². The normalized spacial score (nSPS) is 34.8. The largest absolute Gasteiger partial charge is 0.460 e. The highest BCUT2D eigenvalue weighted by Gasteiger charge is 2.29. The van der Waals surface area contributed by atoms with E-state index in [0.29, 0.717) is 6.42 Å². The van der Waals surface area contributed by atoms with Crippen LogP contribution in [0.4, 0.5) is 0 Å². The van der Waals surface area contributed by atoms with E-state index in [9.17, 15) is 9.90 Å². The summed E-state index contributed by atoms with van der Waals surface area (Å²) < 4.78 is 20.2. The van der Waals surface area contributed by atoms with Gasteiger partial charge in [-0.25, -0.2) is 0 Å². The summed E-state index contributed by atoms with van der Waals surface area (Å²) in [5, 5.41) is 9.82. The Balaban J connectivity index is 2.55. The van der Waals surface area contributed by atoms with Crippen molar-refractivity contribution in [2.45, 2.75) is 57.6 Å². The van der Waals surface area contributed by atoms with Gasteiger partial charge in [-0.2, -0.15) is 0 Å². The second kappa shape index (κ2) is 5.22. The molecule has 0 spiro atoms. The van der Waals surface area contributed by atoms with Gasteiger partial charge in [-0.05, 0) is 12.8 Å². The van der Waals surface area contributed by atoms with Crippen molar-refractivity contribution in [3.8, 4) is 0 Å².